The molecule has 1 aromatic carbocycles. The largest absolute Gasteiger partial charge is 0.468 e. The number of carbonyl (C=O) groups is 1. The van der Waals surface area contributed by atoms with E-state index in [1.807, 2.05) is 12.1 Å². The number of aryl methyl sites for hydroxylation is 1. The van der Waals surface area contributed by atoms with Gasteiger partial charge in [0.2, 0.25) is 5.43 Å². The molecule has 1 aliphatic rings. The van der Waals surface area contributed by atoms with Crippen LogP contribution in [0.1, 0.15) is 40.8 Å². The maximum atomic E-state index is 14.2. The second-order valence-corrected chi connectivity index (χ2v) is 7.35. The Balaban J connectivity index is 1.58. The third-order valence-electron chi connectivity index (χ3n) is 5.31. The number of carbonyl (C=O) groups excluding carboxylic acids is 1. The fraction of sp³-hybridized carbons (Fsp3) is 0.318. The Labute approximate surface area is 173 Å². The van der Waals surface area contributed by atoms with Crippen molar-refractivity contribution in [2.45, 2.75) is 25.8 Å². The first-order valence-electron chi connectivity index (χ1n) is 9.96. The predicted octanol–water partition coefficient (Wildman–Crippen LogP) is 2.84. The van der Waals surface area contributed by atoms with Gasteiger partial charge in [-0.3, -0.25) is 14.5 Å². The third kappa shape index (κ3) is 4.04. The maximum Gasteiger partial charge on any atom is 0.275 e. The van der Waals surface area contributed by atoms with Gasteiger partial charge in [-0.2, -0.15) is 5.10 Å². The molecule has 7 nitrogen and oxygen atoms in total. The minimum atomic E-state index is -0.596. The zero-order valence-corrected chi connectivity index (χ0v) is 16.7. The zero-order chi connectivity index (χ0) is 21.1. The van der Waals surface area contributed by atoms with Gasteiger partial charge in [-0.15, -0.1) is 0 Å². The molecule has 1 saturated heterocycles. The summed E-state index contributed by atoms with van der Waals surface area (Å²) < 4.78 is 21.1. The molecule has 156 valence electrons. The average Bonchev–Trinajstić information content (AvgIpc) is 3.44. The van der Waals surface area contributed by atoms with Crippen LogP contribution in [0, 0.1) is 12.7 Å². The van der Waals surface area contributed by atoms with E-state index in [4.69, 9.17) is 4.42 Å². The number of nitrogens with one attached hydrogen (secondary N) is 1. The number of hydrogen-bond donors (Lipinski definition) is 1. The Morgan fingerprint density at radius 2 is 2.00 bits per heavy atom. The van der Waals surface area contributed by atoms with Gasteiger partial charge in [0.15, 0.2) is 5.69 Å². The van der Waals surface area contributed by atoms with Crippen LogP contribution in [0.5, 0.6) is 0 Å². The summed E-state index contributed by atoms with van der Waals surface area (Å²) in [6.07, 6.45) is 3.80. The van der Waals surface area contributed by atoms with Crippen LogP contribution >= 0.6 is 0 Å². The van der Waals surface area contributed by atoms with Crippen molar-refractivity contribution in [2.75, 3.05) is 19.6 Å². The lowest BCUT2D eigenvalue weighted by Crippen LogP contribution is -2.39. The second kappa shape index (κ2) is 8.62. The smallest absolute Gasteiger partial charge is 0.275 e. The van der Waals surface area contributed by atoms with E-state index < -0.39 is 17.2 Å². The summed E-state index contributed by atoms with van der Waals surface area (Å²) in [5.41, 5.74) is -0.168. The first-order chi connectivity index (χ1) is 14.5. The second-order valence-electron chi connectivity index (χ2n) is 7.35. The lowest BCUT2D eigenvalue weighted by molar-refractivity contribution is 0.0925. The van der Waals surface area contributed by atoms with E-state index >= 15 is 0 Å². The van der Waals surface area contributed by atoms with Crippen molar-refractivity contribution in [3.63, 3.8) is 0 Å². The predicted molar refractivity (Wildman–Crippen MR) is 109 cm³/mol. The molecule has 8 heteroatoms. The number of benzene rings is 1. The molecule has 1 fully saturated rings. The highest BCUT2D eigenvalue weighted by Gasteiger charge is 2.27. The molecule has 30 heavy (non-hydrogen) atoms. The van der Waals surface area contributed by atoms with Crippen molar-refractivity contribution in [3.8, 4) is 5.69 Å². The number of rotatable bonds is 6. The molecule has 2 aromatic heterocycles. The molecule has 3 heterocycles. The number of amides is 1. The van der Waals surface area contributed by atoms with E-state index in [9.17, 15) is 14.0 Å². The fourth-order valence-corrected chi connectivity index (χ4v) is 3.79. The van der Waals surface area contributed by atoms with Gasteiger partial charge in [-0.05, 0) is 57.1 Å². The summed E-state index contributed by atoms with van der Waals surface area (Å²) in [4.78, 5) is 27.5. The first kappa shape index (κ1) is 20.0. The van der Waals surface area contributed by atoms with E-state index in [0.29, 0.717) is 5.69 Å². The fourth-order valence-electron chi connectivity index (χ4n) is 3.79. The Morgan fingerprint density at radius 1 is 1.23 bits per heavy atom. The number of aromatic nitrogens is 2. The standard InChI is InChI=1S/C22H23FN4O3/c1-15-13-19(28)21(25-27(15)17-8-3-2-7-16(17)23)22(29)24-14-18(20-9-6-12-30-20)26-10-4-5-11-26/h2-3,6-9,12-13,18H,4-5,10-11,14H2,1H3,(H,24,29)/t18-/m0/s1. The average molecular weight is 410 g/mol. The Bertz CT molecular complexity index is 1090. The highest BCUT2D eigenvalue weighted by Crippen LogP contribution is 2.25. The molecular weight excluding hydrogens is 387 g/mol. The van der Waals surface area contributed by atoms with Gasteiger partial charge >= 0.3 is 0 Å². The number of hydrogen-bond acceptors (Lipinski definition) is 5. The summed E-state index contributed by atoms with van der Waals surface area (Å²) >= 11 is 0. The number of nitrogens with zero attached hydrogens (tertiary/aromatic N) is 3. The molecular formula is C22H23FN4O3. The summed E-state index contributed by atoms with van der Waals surface area (Å²) in [6.45, 7) is 3.76. The van der Waals surface area contributed by atoms with Gasteiger partial charge in [-0.1, -0.05) is 12.1 Å². The third-order valence-corrected chi connectivity index (χ3v) is 5.31. The molecule has 1 aliphatic heterocycles. The molecule has 1 amide bonds. The van der Waals surface area contributed by atoms with Crippen molar-refractivity contribution < 1.29 is 13.6 Å². The van der Waals surface area contributed by atoms with E-state index in [0.717, 1.165) is 31.7 Å². The molecule has 3 aromatic rings. The molecule has 1 N–H and O–H groups in total. The Morgan fingerprint density at radius 3 is 2.70 bits per heavy atom. The van der Waals surface area contributed by atoms with E-state index in [1.165, 1.54) is 16.8 Å². The summed E-state index contributed by atoms with van der Waals surface area (Å²) in [6, 6.07) is 10.9. The van der Waals surface area contributed by atoms with Gasteiger partial charge in [0, 0.05) is 18.3 Å². The van der Waals surface area contributed by atoms with Gasteiger partial charge in [0.05, 0.1) is 12.3 Å². The van der Waals surface area contributed by atoms with Crippen LogP contribution in [0.3, 0.4) is 0 Å². The molecule has 0 bridgehead atoms. The minimum absolute atomic E-state index is 0.120. The highest BCUT2D eigenvalue weighted by atomic mass is 19.1. The van der Waals surface area contributed by atoms with Gasteiger partial charge < -0.3 is 9.73 Å². The van der Waals surface area contributed by atoms with Crippen molar-refractivity contribution in [2.24, 2.45) is 0 Å². The number of para-hydroxylation sites is 1. The van der Waals surface area contributed by atoms with Crippen molar-refractivity contribution >= 4 is 5.91 Å². The molecule has 0 unspecified atom stereocenters. The lowest BCUT2D eigenvalue weighted by atomic mass is 10.2. The molecule has 0 spiro atoms. The first-order valence-corrected chi connectivity index (χ1v) is 9.96. The zero-order valence-electron chi connectivity index (χ0n) is 16.7. The van der Waals surface area contributed by atoms with Gasteiger partial charge in [-0.25, -0.2) is 9.07 Å². The summed E-state index contributed by atoms with van der Waals surface area (Å²) in [7, 11) is 0. The number of halogens is 1. The minimum Gasteiger partial charge on any atom is -0.468 e. The maximum absolute atomic E-state index is 14.2. The monoisotopic (exact) mass is 410 g/mol. The molecule has 4 rings (SSSR count). The molecule has 0 radical (unpaired) electrons. The van der Waals surface area contributed by atoms with Crippen LogP contribution in [0.4, 0.5) is 4.39 Å². The summed E-state index contributed by atoms with van der Waals surface area (Å²) in [5, 5.41) is 6.96. The van der Waals surface area contributed by atoms with Crippen LogP contribution in [0.15, 0.2) is 57.9 Å². The quantitative estimate of drug-likeness (QED) is 0.676. The SMILES string of the molecule is Cc1cc(=O)c(C(=O)NC[C@@H](c2ccco2)N2CCCC2)nn1-c1ccccc1F. The normalized spacial score (nSPS) is 15.3. The van der Waals surface area contributed by atoms with Crippen LogP contribution in [0.2, 0.25) is 0 Å². The van der Waals surface area contributed by atoms with Crippen LogP contribution < -0.4 is 10.7 Å². The van der Waals surface area contributed by atoms with Crippen LogP contribution in [-0.4, -0.2) is 40.2 Å². The van der Waals surface area contributed by atoms with E-state index in [-0.39, 0.29) is 24.0 Å². The molecule has 0 saturated carbocycles. The van der Waals surface area contributed by atoms with Crippen molar-refractivity contribution in [1.82, 2.24) is 20.0 Å². The van der Waals surface area contributed by atoms with Crippen LogP contribution in [0.25, 0.3) is 5.69 Å². The van der Waals surface area contributed by atoms with Crippen molar-refractivity contribution in [1.29, 1.82) is 0 Å². The number of furan rings is 1. The van der Waals surface area contributed by atoms with E-state index in [2.05, 4.69) is 15.3 Å². The Hall–Kier alpha value is -3.26. The Kier molecular flexibility index (Phi) is 5.76. The molecule has 1 atom stereocenters. The topological polar surface area (TPSA) is 80.4 Å². The van der Waals surface area contributed by atoms with Gasteiger partial charge in [0.1, 0.15) is 17.3 Å². The van der Waals surface area contributed by atoms with E-state index in [1.54, 1.807) is 31.4 Å². The van der Waals surface area contributed by atoms with Crippen molar-refractivity contribution in [3.05, 3.63) is 81.9 Å². The number of likely N-dealkylation sites (tertiary alicyclic amines) is 1. The van der Waals surface area contributed by atoms with Crippen LogP contribution in [-0.2, 0) is 0 Å². The highest BCUT2D eigenvalue weighted by molar-refractivity contribution is 5.92. The lowest BCUT2D eigenvalue weighted by Gasteiger charge is -2.25. The van der Waals surface area contributed by atoms with Gasteiger partial charge in [0.25, 0.3) is 5.91 Å². The molecule has 0 aliphatic carbocycles. The summed E-state index contributed by atoms with van der Waals surface area (Å²) in [5.74, 6) is -0.325.